The molecule has 0 unspecified atom stereocenters. The molecule has 1 aliphatic carbocycles. The Morgan fingerprint density at radius 3 is 2.67 bits per heavy atom. The van der Waals surface area contributed by atoms with Gasteiger partial charge in [-0.15, -0.1) is 0 Å². The first-order valence-electron chi connectivity index (χ1n) is 10.0. The van der Waals surface area contributed by atoms with Gasteiger partial charge in [0.15, 0.2) is 5.65 Å². The minimum absolute atomic E-state index is 0.128. The van der Waals surface area contributed by atoms with E-state index in [9.17, 15) is 9.59 Å². The Labute approximate surface area is 171 Å². The molecular weight excluding hydrogens is 382 g/mol. The van der Waals surface area contributed by atoms with E-state index in [1.165, 1.54) is 0 Å². The number of aromatic nitrogens is 4. The number of H-pyrrole nitrogens is 1. The molecule has 0 bridgehead atoms. The molecular formula is C22H21N5O3. The molecule has 0 aliphatic heterocycles. The Hall–Kier alpha value is -3.68. The fourth-order valence-electron chi connectivity index (χ4n) is 4.05. The Bertz CT molecular complexity index is 1300. The van der Waals surface area contributed by atoms with Crippen LogP contribution in [0.15, 0.2) is 47.3 Å². The number of hydrogen-bond donors (Lipinski definition) is 2. The third-order valence-corrected chi connectivity index (χ3v) is 5.68. The van der Waals surface area contributed by atoms with E-state index in [4.69, 9.17) is 4.74 Å². The van der Waals surface area contributed by atoms with Crippen LogP contribution < -0.4 is 15.6 Å². The maximum Gasteiger partial charge on any atom is 0.281 e. The van der Waals surface area contributed by atoms with E-state index in [1.54, 1.807) is 29.8 Å². The van der Waals surface area contributed by atoms with Crippen LogP contribution in [0.1, 0.15) is 36.0 Å². The van der Waals surface area contributed by atoms with Crippen molar-refractivity contribution >= 4 is 22.5 Å². The summed E-state index contributed by atoms with van der Waals surface area (Å²) in [5.41, 5.74) is 2.48. The zero-order valence-corrected chi connectivity index (χ0v) is 16.5. The van der Waals surface area contributed by atoms with Gasteiger partial charge in [0, 0.05) is 17.2 Å². The molecule has 1 fully saturated rings. The summed E-state index contributed by atoms with van der Waals surface area (Å²) in [5.74, 6) is 0.601. The second kappa shape index (κ2) is 7.29. The second-order valence-electron chi connectivity index (χ2n) is 7.55. The van der Waals surface area contributed by atoms with Crippen molar-refractivity contribution in [2.24, 2.45) is 0 Å². The van der Waals surface area contributed by atoms with Crippen LogP contribution in [0.3, 0.4) is 0 Å². The highest BCUT2D eigenvalue weighted by Gasteiger charge is 2.19. The second-order valence-corrected chi connectivity index (χ2v) is 7.55. The lowest BCUT2D eigenvalue weighted by Crippen LogP contribution is -2.32. The molecule has 8 nitrogen and oxygen atoms in total. The van der Waals surface area contributed by atoms with Gasteiger partial charge in [-0.05, 0) is 55.3 Å². The van der Waals surface area contributed by atoms with Crippen LogP contribution >= 0.6 is 0 Å². The number of fused-ring (bicyclic) bond motifs is 3. The van der Waals surface area contributed by atoms with E-state index in [0.717, 1.165) is 37.0 Å². The molecule has 0 saturated heterocycles. The van der Waals surface area contributed by atoms with E-state index in [1.807, 2.05) is 24.3 Å². The van der Waals surface area contributed by atoms with Crippen molar-refractivity contribution < 1.29 is 9.53 Å². The summed E-state index contributed by atoms with van der Waals surface area (Å²) in [6.45, 7) is 0. The molecule has 1 amide bonds. The first kappa shape index (κ1) is 18.4. The van der Waals surface area contributed by atoms with Gasteiger partial charge < -0.3 is 10.1 Å². The standard InChI is InChI=1S/C22H21N5O3/c1-30-16-9-6-13(7-10-16)19-20-24-22(29)17-11-8-14(12-18(17)27(20)26-25-19)21(28)23-15-4-2-3-5-15/h6-12,15,26H,2-5H2,1H3,(H,23,28). The lowest BCUT2D eigenvalue weighted by molar-refractivity contribution is 0.0938. The van der Waals surface area contributed by atoms with Crippen LogP contribution in [-0.2, 0) is 0 Å². The van der Waals surface area contributed by atoms with Crippen molar-refractivity contribution in [3.8, 4) is 17.0 Å². The molecule has 1 saturated carbocycles. The fourth-order valence-corrected chi connectivity index (χ4v) is 4.05. The molecule has 2 heterocycles. The predicted octanol–water partition coefficient (Wildman–Crippen LogP) is 2.92. The molecule has 30 heavy (non-hydrogen) atoms. The highest BCUT2D eigenvalue weighted by molar-refractivity contribution is 5.98. The number of carbonyl (C=O) groups excluding carboxylic acids is 1. The highest BCUT2D eigenvalue weighted by Crippen LogP contribution is 2.25. The van der Waals surface area contributed by atoms with Crippen molar-refractivity contribution in [1.29, 1.82) is 0 Å². The number of rotatable bonds is 4. The number of carbonyl (C=O) groups is 1. The Kier molecular flexibility index (Phi) is 4.46. The summed E-state index contributed by atoms with van der Waals surface area (Å²) in [7, 11) is 1.60. The molecule has 8 heteroatoms. The molecule has 152 valence electrons. The average molecular weight is 403 g/mol. The van der Waals surface area contributed by atoms with E-state index < -0.39 is 0 Å². The van der Waals surface area contributed by atoms with Gasteiger partial charge in [-0.25, -0.2) is 9.73 Å². The summed E-state index contributed by atoms with van der Waals surface area (Å²) in [6.07, 6.45) is 4.32. The van der Waals surface area contributed by atoms with Crippen LogP contribution in [0, 0.1) is 0 Å². The van der Waals surface area contributed by atoms with Gasteiger partial charge in [0.05, 0.1) is 18.0 Å². The molecule has 1 aliphatic rings. The molecule has 0 radical (unpaired) electrons. The number of ether oxygens (including phenoxy) is 1. The third-order valence-electron chi connectivity index (χ3n) is 5.68. The lowest BCUT2D eigenvalue weighted by Gasteiger charge is -2.12. The van der Waals surface area contributed by atoms with Crippen molar-refractivity contribution in [2.45, 2.75) is 31.7 Å². The van der Waals surface area contributed by atoms with Gasteiger partial charge in [-0.1, -0.05) is 12.8 Å². The van der Waals surface area contributed by atoms with E-state index in [0.29, 0.717) is 27.8 Å². The number of benzene rings is 2. The Balaban J connectivity index is 1.60. The first-order chi connectivity index (χ1) is 14.6. The summed E-state index contributed by atoms with van der Waals surface area (Å²) in [4.78, 5) is 29.6. The normalized spacial score (nSPS) is 14.4. The minimum Gasteiger partial charge on any atom is -0.497 e. The number of hydrogen-bond acceptors (Lipinski definition) is 5. The number of nitrogens with zero attached hydrogens (tertiary/aromatic N) is 3. The van der Waals surface area contributed by atoms with Crippen molar-refractivity contribution in [3.63, 3.8) is 0 Å². The third kappa shape index (κ3) is 3.10. The van der Waals surface area contributed by atoms with Crippen molar-refractivity contribution in [2.75, 3.05) is 7.11 Å². The van der Waals surface area contributed by atoms with Crippen LogP contribution in [0.25, 0.3) is 27.8 Å². The lowest BCUT2D eigenvalue weighted by atomic mass is 10.1. The summed E-state index contributed by atoms with van der Waals surface area (Å²) < 4.78 is 6.84. The Morgan fingerprint density at radius 1 is 1.17 bits per heavy atom. The smallest absolute Gasteiger partial charge is 0.281 e. The molecule has 5 rings (SSSR count). The summed E-state index contributed by atoms with van der Waals surface area (Å²) in [6, 6.07) is 12.6. The van der Waals surface area contributed by atoms with Gasteiger partial charge in [-0.3, -0.25) is 9.59 Å². The predicted molar refractivity (Wildman–Crippen MR) is 113 cm³/mol. The molecule has 0 atom stereocenters. The summed E-state index contributed by atoms with van der Waals surface area (Å²) in [5, 5.41) is 10.8. The number of amides is 1. The van der Waals surface area contributed by atoms with Gasteiger partial charge in [-0.2, -0.15) is 10.1 Å². The topological polar surface area (TPSA) is 101 Å². The highest BCUT2D eigenvalue weighted by atomic mass is 16.5. The van der Waals surface area contributed by atoms with Crippen LogP contribution in [0.5, 0.6) is 5.75 Å². The number of aromatic amines is 1. The number of methoxy groups -OCH3 is 1. The zero-order valence-electron chi connectivity index (χ0n) is 16.5. The van der Waals surface area contributed by atoms with Crippen LogP contribution in [-0.4, -0.2) is 38.9 Å². The number of nitrogens with one attached hydrogen (secondary N) is 2. The van der Waals surface area contributed by atoms with Crippen LogP contribution in [0.2, 0.25) is 0 Å². The first-order valence-corrected chi connectivity index (χ1v) is 10.0. The minimum atomic E-state index is -0.357. The fraction of sp³-hybridized carbons (Fsp3) is 0.273. The molecule has 4 aromatic rings. The maximum absolute atomic E-state index is 12.7. The van der Waals surface area contributed by atoms with E-state index in [2.05, 4.69) is 20.6 Å². The zero-order chi connectivity index (χ0) is 20.7. The van der Waals surface area contributed by atoms with Gasteiger partial charge in [0.2, 0.25) is 0 Å². The Morgan fingerprint density at radius 2 is 1.93 bits per heavy atom. The average Bonchev–Trinajstić information content (AvgIpc) is 3.43. The SMILES string of the molecule is COc1ccc(-c2n[nH]n3c2nc(=O)c2ccc(C(=O)NC4CCCC4)cc23)cc1. The molecule has 2 aromatic heterocycles. The van der Waals surface area contributed by atoms with Crippen molar-refractivity contribution in [3.05, 3.63) is 58.4 Å². The monoisotopic (exact) mass is 403 g/mol. The molecule has 0 spiro atoms. The quantitative estimate of drug-likeness (QED) is 0.546. The van der Waals surface area contributed by atoms with Crippen LogP contribution in [0.4, 0.5) is 0 Å². The van der Waals surface area contributed by atoms with Gasteiger partial charge in [0.25, 0.3) is 11.5 Å². The molecule has 2 N–H and O–H groups in total. The van der Waals surface area contributed by atoms with Crippen molar-refractivity contribution in [1.82, 2.24) is 25.1 Å². The maximum atomic E-state index is 12.7. The van der Waals surface area contributed by atoms with Gasteiger partial charge in [0.1, 0.15) is 11.4 Å². The summed E-state index contributed by atoms with van der Waals surface area (Å²) >= 11 is 0. The van der Waals surface area contributed by atoms with E-state index >= 15 is 0 Å². The van der Waals surface area contributed by atoms with E-state index in [-0.39, 0.29) is 17.5 Å². The molecule has 2 aromatic carbocycles. The largest absolute Gasteiger partial charge is 0.497 e. The van der Waals surface area contributed by atoms with Gasteiger partial charge >= 0.3 is 0 Å².